The second kappa shape index (κ2) is 3.19. The van der Waals surface area contributed by atoms with Gasteiger partial charge in [-0.3, -0.25) is 0 Å². The van der Waals surface area contributed by atoms with Gasteiger partial charge in [0.25, 0.3) is 0 Å². The molecule has 2 N–H and O–H groups in total. The number of nitrogens with zero attached hydrogens (tertiary/aromatic N) is 2. The minimum absolute atomic E-state index is 0.0273. The lowest BCUT2D eigenvalue weighted by atomic mass is 9.85. The summed E-state index contributed by atoms with van der Waals surface area (Å²) in [6.07, 6.45) is 3.24. The summed E-state index contributed by atoms with van der Waals surface area (Å²) in [4.78, 5) is 7.95. The smallest absolute Gasteiger partial charge is 0.115 e. The molecule has 66 valence electrons. The molecule has 3 heteroatoms. The molecule has 0 aliphatic carbocycles. The van der Waals surface area contributed by atoms with Crippen LogP contribution in [0.15, 0.2) is 18.6 Å². The van der Waals surface area contributed by atoms with Gasteiger partial charge in [-0.15, -0.1) is 0 Å². The van der Waals surface area contributed by atoms with E-state index < -0.39 is 0 Å². The summed E-state index contributed by atoms with van der Waals surface area (Å²) in [5.41, 5.74) is 6.93. The molecule has 0 aliphatic heterocycles. The monoisotopic (exact) mass is 165 g/mol. The van der Waals surface area contributed by atoms with Crippen molar-refractivity contribution >= 4 is 0 Å². The van der Waals surface area contributed by atoms with Gasteiger partial charge in [0.15, 0.2) is 0 Å². The molecular weight excluding hydrogens is 150 g/mol. The Labute approximate surface area is 73.0 Å². The largest absolute Gasteiger partial charge is 0.322 e. The lowest BCUT2D eigenvalue weighted by Gasteiger charge is -2.26. The fraction of sp³-hybridized carbons (Fsp3) is 0.556. The van der Waals surface area contributed by atoms with E-state index in [0.29, 0.717) is 0 Å². The van der Waals surface area contributed by atoms with Gasteiger partial charge < -0.3 is 5.73 Å². The normalized spacial score (nSPS) is 14.3. The van der Waals surface area contributed by atoms with Gasteiger partial charge in [-0.2, -0.15) is 0 Å². The van der Waals surface area contributed by atoms with Crippen LogP contribution in [0, 0.1) is 5.41 Å². The van der Waals surface area contributed by atoms with Crippen LogP contribution in [-0.4, -0.2) is 9.97 Å². The maximum atomic E-state index is 5.98. The third-order valence-electron chi connectivity index (χ3n) is 1.86. The Kier molecular flexibility index (Phi) is 2.43. The lowest BCUT2D eigenvalue weighted by Crippen LogP contribution is -2.27. The minimum Gasteiger partial charge on any atom is -0.322 e. The predicted molar refractivity (Wildman–Crippen MR) is 48.4 cm³/mol. The van der Waals surface area contributed by atoms with Crippen molar-refractivity contribution in [1.82, 2.24) is 9.97 Å². The Bertz CT molecular complexity index is 238. The van der Waals surface area contributed by atoms with Crippen LogP contribution in [0.5, 0.6) is 0 Å². The fourth-order valence-electron chi connectivity index (χ4n) is 0.929. The zero-order valence-corrected chi connectivity index (χ0v) is 7.78. The van der Waals surface area contributed by atoms with Crippen molar-refractivity contribution in [3.63, 3.8) is 0 Å². The van der Waals surface area contributed by atoms with Crippen molar-refractivity contribution in [2.75, 3.05) is 0 Å². The van der Waals surface area contributed by atoms with Crippen molar-refractivity contribution in [2.45, 2.75) is 26.8 Å². The Hall–Kier alpha value is -0.960. The molecule has 3 nitrogen and oxygen atoms in total. The number of nitrogens with two attached hydrogens (primary N) is 1. The van der Waals surface area contributed by atoms with Gasteiger partial charge in [-0.25, -0.2) is 9.97 Å². The highest BCUT2D eigenvalue weighted by Crippen LogP contribution is 2.28. The number of hydrogen-bond acceptors (Lipinski definition) is 3. The van der Waals surface area contributed by atoms with Crippen molar-refractivity contribution in [1.29, 1.82) is 0 Å². The van der Waals surface area contributed by atoms with Crippen LogP contribution in [-0.2, 0) is 0 Å². The molecule has 1 heterocycles. The fourth-order valence-corrected chi connectivity index (χ4v) is 0.929. The van der Waals surface area contributed by atoms with Gasteiger partial charge in [-0.05, 0) is 11.5 Å². The Morgan fingerprint density at radius 1 is 1.42 bits per heavy atom. The summed E-state index contributed by atoms with van der Waals surface area (Å²) in [6.45, 7) is 6.29. The van der Waals surface area contributed by atoms with Crippen LogP contribution in [0.4, 0.5) is 0 Å². The Morgan fingerprint density at radius 2 is 2.08 bits per heavy atom. The molecule has 1 aromatic heterocycles. The van der Waals surface area contributed by atoms with Gasteiger partial charge in [-0.1, -0.05) is 20.8 Å². The van der Waals surface area contributed by atoms with Crippen molar-refractivity contribution in [3.8, 4) is 0 Å². The molecule has 0 spiro atoms. The molecule has 0 bridgehead atoms. The predicted octanol–water partition coefficient (Wildman–Crippen LogP) is 1.52. The maximum Gasteiger partial charge on any atom is 0.115 e. The van der Waals surface area contributed by atoms with Gasteiger partial charge in [0.05, 0.1) is 11.7 Å². The molecule has 12 heavy (non-hydrogen) atoms. The van der Waals surface area contributed by atoms with Crippen LogP contribution in [0.3, 0.4) is 0 Å². The third kappa shape index (κ3) is 2.01. The minimum atomic E-state index is -0.0273. The lowest BCUT2D eigenvalue weighted by molar-refractivity contribution is 0.321. The average Bonchev–Trinajstić information content (AvgIpc) is 2.03. The Morgan fingerprint density at radius 3 is 2.50 bits per heavy atom. The quantitative estimate of drug-likeness (QED) is 0.686. The van der Waals surface area contributed by atoms with Gasteiger partial charge in [0.2, 0.25) is 0 Å². The van der Waals surface area contributed by atoms with E-state index in [2.05, 4.69) is 30.7 Å². The van der Waals surface area contributed by atoms with Crippen LogP contribution in [0.2, 0.25) is 0 Å². The summed E-state index contributed by atoms with van der Waals surface area (Å²) in [5.74, 6) is 0. The first-order valence-electron chi connectivity index (χ1n) is 4.03. The van der Waals surface area contributed by atoms with Crippen LogP contribution < -0.4 is 5.73 Å². The molecule has 0 saturated carbocycles. The zero-order chi connectivity index (χ0) is 9.19. The highest BCUT2D eigenvalue weighted by Gasteiger charge is 2.22. The summed E-state index contributed by atoms with van der Waals surface area (Å²) < 4.78 is 0. The van der Waals surface area contributed by atoms with E-state index >= 15 is 0 Å². The highest BCUT2D eigenvalue weighted by molar-refractivity contribution is 5.06. The topological polar surface area (TPSA) is 51.8 Å². The maximum absolute atomic E-state index is 5.98. The van der Waals surface area contributed by atoms with Gasteiger partial charge in [0, 0.05) is 6.20 Å². The van der Waals surface area contributed by atoms with E-state index in [1.54, 1.807) is 6.20 Å². The van der Waals surface area contributed by atoms with E-state index in [0.717, 1.165) is 5.69 Å². The molecule has 0 radical (unpaired) electrons. The van der Waals surface area contributed by atoms with E-state index in [1.165, 1.54) is 6.33 Å². The number of rotatable bonds is 1. The molecule has 0 aromatic carbocycles. The average molecular weight is 165 g/mol. The van der Waals surface area contributed by atoms with Crippen LogP contribution >= 0.6 is 0 Å². The molecule has 0 aliphatic rings. The molecule has 1 aromatic rings. The van der Waals surface area contributed by atoms with E-state index in [-0.39, 0.29) is 11.5 Å². The number of aromatic nitrogens is 2. The van der Waals surface area contributed by atoms with Crippen molar-refractivity contribution in [3.05, 3.63) is 24.3 Å². The SMILES string of the molecule is CC(C)(C)C(N)c1ccncn1. The summed E-state index contributed by atoms with van der Waals surface area (Å²) in [5, 5.41) is 0. The molecule has 1 rings (SSSR count). The number of hydrogen-bond donors (Lipinski definition) is 1. The summed E-state index contributed by atoms with van der Waals surface area (Å²) >= 11 is 0. The first kappa shape index (κ1) is 9.13. The summed E-state index contributed by atoms with van der Waals surface area (Å²) in [7, 11) is 0. The van der Waals surface area contributed by atoms with Gasteiger partial charge in [0.1, 0.15) is 6.33 Å². The van der Waals surface area contributed by atoms with Crippen molar-refractivity contribution < 1.29 is 0 Å². The van der Waals surface area contributed by atoms with Gasteiger partial charge >= 0.3 is 0 Å². The van der Waals surface area contributed by atoms with E-state index in [1.807, 2.05) is 6.07 Å². The van der Waals surface area contributed by atoms with E-state index in [9.17, 15) is 0 Å². The molecule has 1 atom stereocenters. The second-order valence-electron chi connectivity index (χ2n) is 3.98. The van der Waals surface area contributed by atoms with Crippen molar-refractivity contribution in [2.24, 2.45) is 11.1 Å². The standard InChI is InChI=1S/C9H15N3/c1-9(2,3)8(10)7-4-5-11-6-12-7/h4-6,8H,10H2,1-3H3. The Balaban J connectivity index is 2.86. The third-order valence-corrected chi connectivity index (χ3v) is 1.86. The van der Waals surface area contributed by atoms with Crippen LogP contribution in [0.1, 0.15) is 32.5 Å². The highest BCUT2D eigenvalue weighted by atomic mass is 14.9. The summed E-state index contributed by atoms with van der Waals surface area (Å²) in [6, 6.07) is 1.83. The van der Waals surface area contributed by atoms with Crippen LogP contribution in [0.25, 0.3) is 0 Å². The molecule has 1 unspecified atom stereocenters. The molecule has 0 fully saturated rings. The molecular formula is C9H15N3. The first-order chi connectivity index (χ1) is 5.52. The molecule has 0 amide bonds. The zero-order valence-electron chi connectivity index (χ0n) is 7.78. The first-order valence-corrected chi connectivity index (χ1v) is 4.03. The second-order valence-corrected chi connectivity index (χ2v) is 3.98. The van der Waals surface area contributed by atoms with E-state index in [4.69, 9.17) is 5.73 Å². The molecule has 0 saturated heterocycles.